The molecule has 0 amide bonds. The molecule has 0 aliphatic carbocycles. The molecule has 1 aliphatic rings. The number of rotatable bonds is 4. The van der Waals surface area contributed by atoms with Gasteiger partial charge in [0.1, 0.15) is 5.65 Å². The second-order valence-corrected chi connectivity index (χ2v) is 8.51. The van der Waals surface area contributed by atoms with Gasteiger partial charge in [-0.1, -0.05) is 23.7 Å². The van der Waals surface area contributed by atoms with Gasteiger partial charge in [0.05, 0.1) is 11.4 Å². The van der Waals surface area contributed by atoms with Crippen molar-refractivity contribution in [3.63, 3.8) is 0 Å². The smallest absolute Gasteiger partial charge is 0.137 e. The second kappa shape index (κ2) is 8.26. The van der Waals surface area contributed by atoms with Crippen LogP contribution in [0.4, 0.5) is 0 Å². The third-order valence-corrected chi connectivity index (χ3v) is 6.18. The number of likely N-dealkylation sites (N-methyl/N-ethyl adjacent to an activating group) is 1. The van der Waals surface area contributed by atoms with Gasteiger partial charge in [-0.05, 0) is 63.0 Å². The standard InChI is InChI=1S/C24H26ClN5/c1-28-12-3-13-29(15-14-28)17-22-24(18-5-8-20(25)9-6-18)27-23-10-7-19(16-30(22)23)21-4-2-11-26-21/h2,4-11,16,26H,3,12-15,17H2,1H3. The Balaban J connectivity index is 1.60. The maximum atomic E-state index is 6.14. The molecule has 1 aliphatic heterocycles. The van der Waals surface area contributed by atoms with Gasteiger partial charge in [-0.2, -0.15) is 0 Å². The molecule has 0 spiro atoms. The van der Waals surface area contributed by atoms with Crippen LogP contribution in [-0.2, 0) is 6.54 Å². The number of nitrogens with zero attached hydrogens (tertiary/aromatic N) is 4. The Morgan fingerprint density at radius 3 is 2.60 bits per heavy atom. The summed E-state index contributed by atoms with van der Waals surface area (Å²) in [5.41, 5.74) is 6.60. The first-order valence-electron chi connectivity index (χ1n) is 10.5. The molecule has 0 unspecified atom stereocenters. The number of hydrogen-bond acceptors (Lipinski definition) is 3. The van der Waals surface area contributed by atoms with Crippen LogP contribution in [0.3, 0.4) is 0 Å². The molecule has 154 valence electrons. The number of aromatic amines is 1. The summed E-state index contributed by atoms with van der Waals surface area (Å²) in [6.07, 6.45) is 5.35. The van der Waals surface area contributed by atoms with E-state index in [9.17, 15) is 0 Å². The minimum Gasteiger partial charge on any atom is -0.361 e. The molecule has 30 heavy (non-hydrogen) atoms. The highest BCUT2D eigenvalue weighted by atomic mass is 35.5. The first-order chi connectivity index (χ1) is 14.7. The normalized spacial score (nSPS) is 16.2. The van der Waals surface area contributed by atoms with Gasteiger partial charge < -0.3 is 14.3 Å². The summed E-state index contributed by atoms with van der Waals surface area (Å²) >= 11 is 6.14. The van der Waals surface area contributed by atoms with E-state index in [0.29, 0.717) is 0 Å². The van der Waals surface area contributed by atoms with E-state index in [4.69, 9.17) is 16.6 Å². The predicted octanol–water partition coefficient (Wildman–Crippen LogP) is 4.79. The van der Waals surface area contributed by atoms with E-state index in [-0.39, 0.29) is 0 Å². The van der Waals surface area contributed by atoms with Gasteiger partial charge >= 0.3 is 0 Å². The summed E-state index contributed by atoms with van der Waals surface area (Å²) in [6.45, 7) is 5.31. The lowest BCUT2D eigenvalue weighted by atomic mass is 10.1. The van der Waals surface area contributed by atoms with Crippen LogP contribution in [0.5, 0.6) is 0 Å². The lowest BCUT2D eigenvalue weighted by molar-refractivity contribution is 0.266. The molecule has 4 aromatic rings. The zero-order valence-electron chi connectivity index (χ0n) is 17.2. The Labute approximate surface area is 181 Å². The molecule has 0 bridgehead atoms. The predicted molar refractivity (Wildman–Crippen MR) is 123 cm³/mol. The first kappa shape index (κ1) is 19.4. The van der Waals surface area contributed by atoms with E-state index in [1.807, 2.05) is 24.4 Å². The Kier molecular flexibility index (Phi) is 5.34. The van der Waals surface area contributed by atoms with Crippen molar-refractivity contribution < 1.29 is 0 Å². The Bertz CT molecular complexity index is 1130. The van der Waals surface area contributed by atoms with Crippen molar-refractivity contribution in [1.82, 2.24) is 24.2 Å². The van der Waals surface area contributed by atoms with Crippen LogP contribution in [-0.4, -0.2) is 57.4 Å². The Hall–Kier alpha value is -2.60. The molecule has 0 saturated carbocycles. The molecule has 0 radical (unpaired) electrons. The van der Waals surface area contributed by atoms with Crippen molar-refractivity contribution in [3.05, 3.63) is 71.6 Å². The Morgan fingerprint density at radius 2 is 1.80 bits per heavy atom. The minimum absolute atomic E-state index is 0.744. The number of aromatic nitrogens is 3. The fraction of sp³-hybridized carbons (Fsp3) is 0.292. The second-order valence-electron chi connectivity index (χ2n) is 8.08. The van der Waals surface area contributed by atoms with Crippen molar-refractivity contribution in [2.24, 2.45) is 0 Å². The van der Waals surface area contributed by atoms with E-state index >= 15 is 0 Å². The van der Waals surface area contributed by atoms with Crippen molar-refractivity contribution in [2.75, 3.05) is 33.2 Å². The summed E-state index contributed by atoms with van der Waals surface area (Å²) in [6, 6.07) is 16.4. The fourth-order valence-corrected chi connectivity index (χ4v) is 4.35. The van der Waals surface area contributed by atoms with E-state index in [2.05, 4.69) is 62.8 Å². The highest BCUT2D eigenvalue weighted by Crippen LogP contribution is 2.29. The number of halogens is 1. The van der Waals surface area contributed by atoms with Crippen LogP contribution < -0.4 is 0 Å². The van der Waals surface area contributed by atoms with Crippen molar-refractivity contribution in [1.29, 1.82) is 0 Å². The zero-order valence-corrected chi connectivity index (χ0v) is 17.9. The Morgan fingerprint density at radius 1 is 0.967 bits per heavy atom. The molecule has 1 saturated heterocycles. The highest BCUT2D eigenvalue weighted by Gasteiger charge is 2.19. The quantitative estimate of drug-likeness (QED) is 0.517. The molecular formula is C24H26ClN5. The van der Waals surface area contributed by atoms with Crippen molar-refractivity contribution in [2.45, 2.75) is 13.0 Å². The van der Waals surface area contributed by atoms with E-state index < -0.39 is 0 Å². The van der Waals surface area contributed by atoms with Crippen molar-refractivity contribution >= 4 is 17.2 Å². The summed E-state index contributed by atoms with van der Waals surface area (Å²) < 4.78 is 2.26. The first-order valence-corrected chi connectivity index (χ1v) is 10.9. The van der Waals surface area contributed by atoms with Gasteiger partial charge in [0.25, 0.3) is 0 Å². The zero-order chi connectivity index (χ0) is 20.5. The van der Waals surface area contributed by atoms with Crippen LogP contribution in [0.2, 0.25) is 5.02 Å². The molecule has 0 atom stereocenters. The van der Waals surface area contributed by atoms with Crippen LogP contribution in [0, 0.1) is 0 Å². The number of hydrogen-bond donors (Lipinski definition) is 1. The van der Waals surface area contributed by atoms with Gasteiger partial charge in [-0.15, -0.1) is 0 Å². The third kappa shape index (κ3) is 3.88. The number of benzene rings is 1. The van der Waals surface area contributed by atoms with Gasteiger partial charge in [0.15, 0.2) is 0 Å². The average Bonchev–Trinajstić information content (AvgIpc) is 3.35. The fourth-order valence-electron chi connectivity index (χ4n) is 4.22. The molecule has 5 nitrogen and oxygen atoms in total. The lowest BCUT2D eigenvalue weighted by Gasteiger charge is -2.20. The molecule has 3 aromatic heterocycles. The minimum atomic E-state index is 0.744. The van der Waals surface area contributed by atoms with Gasteiger partial charge in [-0.3, -0.25) is 4.90 Å². The topological polar surface area (TPSA) is 39.6 Å². The molecule has 1 fully saturated rings. The van der Waals surface area contributed by atoms with Crippen LogP contribution in [0.25, 0.3) is 28.2 Å². The molecular weight excluding hydrogens is 394 g/mol. The number of pyridine rings is 1. The van der Waals surface area contributed by atoms with Crippen LogP contribution in [0.1, 0.15) is 12.1 Å². The molecule has 4 heterocycles. The molecule has 6 heteroatoms. The lowest BCUT2D eigenvalue weighted by Crippen LogP contribution is -2.29. The van der Waals surface area contributed by atoms with E-state index in [1.54, 1.807) is 0 Å². The summed E-state index contributed by atoms with van der Waals surface area (Å²) in [7, 11) is 2.21. The summed E-state index contributed by atoms with van der Waals surface area (Å²) in [4.78, 5) is 13.3. The highest BCUT2D eigenvalue weighted by molar-refractivity contribution is 6.30. The summed E-state index contributed by atoms with van der Waals surface area (Å²) in [5.74, 6) is 0. The van der Waals surface area contributed by atoms with E-state index in [1.165, 1.54) is 12.1 Å². The largest absolute Gasteiger partial charge is 0.361 e. The SMILES string of the molecule is CN1CCCN(Cc2c(-c3ccc(Cl)cc3)nc3ccc(-c4ccc[nH]4)cn23)CC1. The third-order valence-electron chi connectivity index (χ3n) is 5.93. The molecule has 1 N–H and O–H groups in total. The van der Waals surface area contributed by atoms with Crippen LogP contribution >= 0.6 is 11.6 Å². The summed E-state index contributed by atoms with van der Waals surface area (Å²) in [5, 5.41) is 0.744. The van der Waals surface area contributed by atoms with Crippen molar-refractivity contribution in [3.8, 4) is 22.5 Å². The number of H-pyrrole nitrogens is 1. The van der Waals surface area contributed by atoms with Gasteiger partial charge in [-0.25, -0.2) is 4.98 Å². The number of fused-ring (bicyclic) bond motifs is 1. The van der Waals surface area contributed by atoms with Gasteiger partial charge in [0, 0.05) is 53.9 Å². The molecule has 5 rings (SSSR count). The maximum Gasteiger partial charge on any atom is 0.137 e. The van der Waals surface area contributed by atoms with Crippen LogP contribution in [0.15, 0.2) is 60.9 Å². The van der Waals surface area contributed by atoms with Gasteiger partial charge in [0.2, 0.25) is 0 Å². The number of nitrogens with one attached hydrogen (secondary N) is 1. The molecule has 1 aromatic carbocycles. The average molecular weight is 420 g/mol. The maximum absolute atomic E-state index is 6.14. The monoisotopic (exact) mass is 419 g/mol. The van der Waals surface area contributed by atoms with E-state index in [0.717, 1.165) is 65.9 Å². The number of imidazole rings is 1.